The molecule has 1 heterocycles. The first-order valence-electron chi connectivity index (χ1n) is 8.72. The molecule has 0 amide bonds. The maximum atomic E-state index is 13.2. The van der Waals surface area contributed by atoms with Crippen LogP contribution in [0.5, 0.6) is 0 Å². The first-order chi connectivity index (χ1) is 11.4. The van der Waals surface area contributed by atoms with Gasteiger partial charge in [-0.1, -0.05) is 12.1 Å². The molecule has 24 heavy (non-hydrogen) atoms. The number of carbonyl (C=O) groups is 2. The van der Waals surface area contributed by atoms with E-state index in [1.807, 2.05) is 32.9 Å². The van der Waals surface area contributed by atoms with Crippen molar-refractivity contribution in [2.75, 3.05) is 13.7 Å². The quantitative estimate of drug-likeness (QED) is 0.630. The van der Waals surface area contributed by atoms with Crippen molar-refractivity contribution in [3.05, 3.63) is 34.4 Å². The molecule has 1 aromatic carbocycles. The number of Topliss-reactive ketones (excluding diaryl/α,β-unsaturated/α-hetero) is 1. The van der Waals surface area contributed by atoms with Gasteiger partial charge in [0.25, 0.3) is 0 Å². The number of benzene rings is 1. The highest BCUT2D eigenvalue weighted by Gasteiger charge is 2.57. The third kappa shape index (κ3) is 2.77. The summed E-state index contributed by atoms with van der Waals surface area (Å²) in [6.07, 6.45) is 3.14. The highest BCUT2D eigenvalue weighted by Crippen LogP contribution is 2.45. The van der Waals surface area contributed by atoms with E-state index < -0.39 is 11.5 Å². The summed E-state index contributed by atoms with van der Waals surface area (Å²) in [4.78, 5) is 25.8. The predicted octanol–water partition coefficient (Wildman–Crippen LogP) is 3.40. The maximum Gasteiger partial charge on any atom is 0.322 e. The smallest absolute Gasteiger partial charge is 0.322 e. The Hall–Kier alpha value is -1.68. The van der Waals surface area contributed by atoms with Crippen molar-refractivity contribution >= 4 is 11.8 Å². The van der Waals surface area contributed by atoms with E-state index in [4.69, 9.17) is 9.47 Å². The fourth-order valence-corrected chi connectivity index (χ4v) is 4.28. The fraction of sp³-hybridized carbons (Fsp3) is 0.600. The topological polar surface area (TPSA) is 52.6 Å². The average molecular weight is 330 g/mol. The van der Waals surface area contributed by atoms with Crippen molar-refractivity contribution < 1.29 is 19.1 Å². The van der Waals surface area contributed by atoms with Crippen molar-refractivity contribution in [2.24, 2.45) is 5.92 Å². The Labute approximate surface area is 143 Å². The highest BCUT2D eigenvalue weighted by atomic mass is 16.6. The molecule has 4 heteroatoms. The molecule has 1 spiro atoms. The number of carbonyl (C=O) groups excluding carboxylic acids is 2. The molecule has 3 unspecified atom stereocenters. The van der Waals surface area contributed by atoms with Gasteiger partial charge < -0.3 is 9.47 Å². The first kappa shape index (κ1) is 17.2. The lowest BCUT2D eigenvalue weighted by molar-refractivity contribution is -0.157. The lowest BCUT2D eigenvalue weighted by Crippen LogP contribution is -2.43. The summed E-state index contributed by atoms with van der Waals surface area (Å²) >= 11 is 0. The number of ketones is 1. The van der Waals surface area contributed by atoms with E-state index in [2.05, 4.69) is 0 Å². The molecule has 2 fully saturated rings. The van der Waals surface area contributed by atoms with Crippen LogP contribution in [0.2, 0.25) is 0 Å². The second-order valence-corrected chi connectivity index (χ2v) is 7.42. The van der Waals surface area contributed by atoms with Crippen LogP contribution in [-0.2, 0) is 19.1 Å². The van der Waals surface area contributed by atoms with Gasteiger partial charge in [0, 0.05) is 13.7 Å². The molecule has 1 saturated heterocycles. The number of hydrogen-bond acceptors (Lipinski definition) is 4. The fourth-order valence-electron chi connectivity index (χ4n) is 4.28. The summed E-state index contributed by atoms with van der Waals surface area (Å²) in [7, 11) is 1.67. The van der Waals surface area contributed by atoms with Crippen LogP contribution < -0.4 is 0 Å². The Bertz CT molecular complexity index is 676. The van der Waals surface area contributed by atoms with Crippen LogP contribution in [0.4, 0.5) is 0 Å². The summed E-state index contributed by atoms with van der Waals surface area (Å²) in [5, 5.41) is 0. The largest absolute Gasteiger partial charge is 0.450 e. The summed E-state index contributed by atoms with van der Waals surface area (Å²) in [5.41, 5.74) is 3.11. The standard InChI is InChI=1S/C20H26O4/c1-12-8-14(3)16(9-13(12)2)17-18(21)20(24-19(17)22)7-5-6-15(10-20)11-23-4/h8-9,15,17H,5-7,10-11H2,1-4H3. The van der Waals surface area contributed by atoms with Crippen LogP contribution in [-0.4, -0.2) is 31.1 Å². The van der Waals surface area contributed by atoms with E-state index in [9.17, 15) is 9.59 Å². The summed E-state index contributed by atoms with van der Waals surface area (Å²) in [6.45, 7) is 6.62. The predicted molar refractivity (Wildman–Crippen MR) is 91.1 cm³/mol. The van der Waals surface area contributed by atoms with E-state index in [0.717, 1.165) is 29.5 Å². The average Bonchev–Trinajstić information content (AvgIpc) is 2.74. The lowest BCUT2D eigenvalue weighted by Gasteiger charge is -2.35. The first-order valence-corrected chi connectivity index (χ1v) is 8.72. The zero-order chi connectivity index (χ0) is 17.5. The minimum atomic E-state index is -0.936. The molecule has 0 aromatic heterocycles. The number of hydrogen-bond donors (Lipinski definition) is 0. The lowest BCUT2D eigenvalue weighted by atomic mass is 9.73. The SMILES string of the molecule is COCC1CCCC2(C1)OC(=O)C(c1cc(C)c(C)cc1C)C2=O. The monoisotopic (exact) mass is 330 g/mol. The van der Waals surface area contributed by atoms with E-state index in [1.165, 1.54) is 5.56 Å². The van der Waals surface area contributed by atoms with Gasteiger partial charge in [-0.2, -0.15) is 0 Å². The molecule has 3 rings (SSSR count). The molecule has 0 N–H and O–H groups in total. The molecule has 1 aliphatic heterocycles. The Kier molecular flexibility index (Phi) is 4.52. The van der Waals surface area contributed by atoms with E-state index in [1.54, 1.807) is 7.11 Å². The van der Waals surface area contributed by atoms with Gasteiger partial charge >= 0.3 is 5.97 Å². The Morgan fingerprint density at radius 1 is 1.17 bits per heavy atom. The van der Waals surface area contributed by atoms with E-state index in [-0.39, 0.29) is 17.7 Å². The number of ether oxygens (including phenoxy) is 2. The third-order valence-electron chi connectivity index (χ3n) is 5.65. The Morgan fingerprint density at radius 3 is 2.58 bits per heavy atom. The summed E-state index contributed by atoms with van der Waals surface area (Å²) < 4.78 is 11.0. The second kappa shape index (κ2) is 6.32. The number of methoxy groups -OCH3 is 1. The minimum absolute atomic E-state index is 0.0559. The Morgan fingerprint density at radius 2 is 1.88 bits per heavy atom. The van der Waals surface area contributed by atoms with Crippen LogP contribution in [0.15, 0.2) is 12.1 Å². The van der Waals surface area contributed by atoms with Gasteiger partial charge in [0.15, 0.2) is 11.4 Å². The molecular weight excluding hydrogens is 304 g/mol. The second-order valence-electron chi connectivity index (χ2n) is 7.42. The highest BCUT2D eigenvalue weighted by molar-refractivity contribution is 6.13. The molecule has 1 aromatic rings. The van der Waals surface area contributed by atoms with Crippen LogP contribution in [0.3, 0.4) is 0 Å². The van der Waals surface area contributed by atoms with Crippen molar-refractivity contribution in [1.29, 1.82) is 0 Å². The molecular formula is C20H26O4. The van der Waals surface area contributed by atoms with E-state index >= 15 is 0 Å². The third-order valence-corrected chi connectivity index (χ3v) is 5.65. The van der Waals surface area contributed by atoms with Gasteiger partial charge in [-0.05, 0) is 74.6 Å². The van der Waals surface area contributed by atoms with Gasteiger partial charge in [0.2, 0.25) is 0 Å². The van der Waals surface area contributed by atoms with Crippen molar-refractivity contribution in [2.45, 2.75) is 58.0 Å². The minimum Gasteiger partial charge on any atom is -0.450 e. The van der Waals surface area contributed by atoms with Crippen molar-refractivity contribution in [3.63, 3.8) is 0 Å². The number of rotatable bonds is 3. The van der Waals surface area contributed by atoms with Crippen LogP contribution in [0.1, 0.15) is 53.9 Å². The zero-order valence-electron chi connectivity index (χ0n) is 15.0. The molecule has 130 valence electrons. The van der Waals surface area contributed by atoms with Crippen LogP contribution in [0.25, 0.3) is 0 Å². The summed E-state index contributed by atoms with van der Waals surface area (Å²) in [6, 6.07) is 4.02. The van der Waals surface area contributed by atoms with Crippen LogP contribution in [0, 0.1) is 26.7 Å². The molecule has 1 saturated carbocycles. The summed E-state index contributed by atoms with van der Waals surface area (Å²) in [5.74, 6) is -0.935. The van der Waals surface area contributed by atoms with E-state index in [0.29, 0.717) is 19.4 Å². The molecule has 0 radical (unpaired) electrons. The normalized spacial score (nSPS) is 30.0. The molecule has 0 bridgehead atoms. The molecule has 2 aliphatic rings. The van der Waals surface area contributed by atoms with Gasteiger partial charge in [-0.15, -0.1) is 0 Å². The Balaban J connectivity index is 1.94. The van der Waals surface area contributed by atoms with Gasteiger partial charge in [0.05, 0.1) is 0 Å². The number of esters is 1. The van der Waals surface area contributed by atoms with Gasteiger partial charge in [-0.3, -0.25) is 9.59 Å². The van der Waals surface area contributed by atoms with Gasteiger partial charge in [0.1, 0.15) is 5.92 Å². The van der Waals surface area contributed by atoms with Gasteiger partial charge in [-0.25, -0.2) is 0 Å². The van der Waals surface area contributed by atoms with Crippen molar-refractivity contribution in [3.8, 4) is 0 Å². The molecule has 1 aliphatic carbocycles. The zero-order valence-corrected chi connectivity index (χ0v) is 15.0. The number of aryl methyl sites for hydroxylation is 3. The van der Waals surface area contributed by atoms with Crippen molar-refractivity contribution in [1.82, 2.24) is 0 Å². The molecule has 4 nitrogen and oxygen atoms in total. The molecule has 3 atom stereocenters. The maximum absolute atomic E-state index is 13.2. The van der Waals surface area contributed by atoms with Crippen LogP contribution >= 0.6 is 0 Å².